The molecule has 0 radical (unpaired) electrons. The number of fused-ring (bicyclic) bond motifs is 1. The fraction of sp³-hybridized carbons (Fsp3) is 0.464. The molecule has 4 rings (SSSR count). The summed E-state index contributed by atoms with van der Waals surface area (Å²) in [5.41, 5.74) is 10.4. The lowest BCUT2D eigenvalue weighted by molar-refractivity contribution is 0.238. The van der Waals surface area contributed by atoms with Crippen molar-refractivity contribution in [3.05, 3.63) is 71.3 Å². The van der Waals surface area contributed by atoms with Crippen LogP contribution >= 0.6 is 0 Å². The lowest BCUT2D eigenvalue weighted by atomic mass is 9.86. The number of rotatable bonds is 4. The number of benzene rings is 2. The van der Waals surface area contributed by atoms with Crippen molar-refractivity contribution in [1.82, 2.24) is 10.2 Å². The van der Waals surface area contributed by atoms with Crippen LogP contribution in [0, 0.1) is 12.3 Å². The zero-order chi connectivity index (χ0) is 23.2. The van der Waals surface area contributed by atoms with Crippen molar-refractivity contribution in [2.75, 3.05) is 32.7 Å². The highest BCUT2D eigenvalue weighted by Gasteiger charge is 2.13. The predicted molar refractivity (Wildman–Crippen MR) is 141 cm³/mol. The van der Waals surface area contributed by atoms with Crippen LogP contribution in [0.5, 0.6) is 0 Å². The maximum Gasteiger partial charge on any atom is 0.0765 e. The monoisotopic (exact) mass is 434 g/mol. The Bertz CT molecular complexity index is 873. The summed E-state index contributed by atoms with van der Waals surface area (Å²) in [5, 5.41) is 12.0. The first kappa shape index (κ1) is 25.8. The Balaban J connectivity index is 0.000000220. The molecule has 1 saturated heterocycles. The number of aryl methyl sites for hydroxylation is 1. The third-order valence-corrected chi connectivity index (χ3v) is 6.34. The van der Waals surface area contributed by atoms with Gasteiger partial charge in [-0.25, -0.2) is 0 Å². The average molecular weight is 435 g/mol. The van der Waals surface area contributed by atoms with Crippen molar-refractivity contribution >= 4 is 17.1 Å². The summed E-state index contributed by atoms with van der Waals surface area (Å²) in [6, 6.07) is 14.8. The summed E-state index contributed by atoms with van der Waals surface area (Å²) >= 11 is 0. The summed E-state index contributed by atoms with van der Waals surface area (Å²) in [5.74, 6) is 0. The SMILES string of the molecule is C=C1CCCC/C1=C(/C)CCCN1CCNCC1.Cc1cccc2ccccc12.N=CN. The molecule has 2 aromatic carbocycles. The van der Waals surface area contributed by atoms with Crippen LogP contribution in [0.25, 0.3) is 10.8 Å². The average Bonchev–Trinajstić information content (AvgIpc) is 2.81. The van der Waals surface area contributed by atoms with Crippen LogP contribution < -0.4 is 11.1 Å². The molecule has 0 atom stereocenters. The predicted octanol–water partition coefficient (Wildman–Crippen LogP) is 5.82. The highest BCUT2D eigenvalue weighted by molar-refractivity contribution is 5.85. The van der Waals surface area contributed by atoms with Gasteiger partial charge < -0.3 is 16.0 Å². The molecule has 1 aliphatic heterocycles. The van der Waals surface area contributed by atoms with Crippen LogP contribution in [0.1, 0.15) is 51.0 Å². The number of allylic oxidation sites excluding steroid dienone is 3. The molecule has 0 amide bonds. The van der Waals surface area contributed by atoms with Crippen molar-refractivity contribution in [2.24, 2.45) is 5.73 Å². The first-order valence-corrected chi connectivity index (χ1v) is 12.0. The minimum Gasteiger partial charge on any atom is -0.390 e. The number of nitrogens with zero attached hydrogens (tertiary/aromatic N) is 1. The van der Waals surface area contributed by atoms with Gasteiger partial charge in [-0.1, -0.05) is 60.2 Å². The highest BCUT2D eigenvalue weighted by atomic mass is 15.2. The van der Waals surface area contributed by atoms with Crippen LogP contribution in [0.2, 0.25) is 0 Å². The minimum atomic E-state index is 0.750. The molecule has 2 aliphatic rings. The van der Waals surface area contributed by atoms with Gasteiger partial charge in [0.05, 0.1) is 6.34 Å². The first-order valence-electron chi connectivity index (χ1n) is 12.0. The van der Waals surface area contributed by atoms with Gasteiger partial charge in [0.2, 0.25) is 0 Å². The molecule has 1 saturated carbocycles. The normalized spacial score (nSPS) is 18.1. The molecule has 32 heavy (non-hydrogen) atoms. The fourth-order valence-corrected chi connectivity index (χ4v) is 4.52. The Morgan fingerprint density at radius 3 is 2.44 bits per heavy atom. The van der Waals surface area contributed by atoms with E-state index in [1.165, 1.54) is 80.1 Å². The van der Waals surface area contributed by atoms with Gasteiger partial charge in [-0.2, -0.15) is 0 Å². The fourth-order valence-electron chi connectivity index (χ4n) is 4.52. The van der Waals surface area contributed by atoms with Gasteiger partial charge in [0.1, 0.15) is 0 Å². The molecule has 1 aliphatic carbocycles. The first-order chi connectivity index (χ1) is 15.6. The van der Waals surface area contributed by atoms with Gasteiger partial charge in [-0.3, -0.25) is 5.41 Å². The maximum absolute atomic E-state index is 5.86. The second kappa shape index (κ2) is 14.6. The van der Waals surface area contributed by atoms with Crippen LogP contribution in [-0.2, 0) is 0 Å². The zero-order valence-electron chi connectivity index (χ0n) is 20.1. The van der Waals surface area contributed by atoms with Gasteiger partial charge in [-0.05, 0) is 80.8 Å². The van der Waals surface area contributed by atoms with Crippen LogP contribution in [0.4, 0.5) is 0 Å². The Labute approximate surface area is 195 Å². The Morgan fingerprint density at radius 2 is 1.75 bits per heavy atom. The van der Waals surface area contributed by atoms with E-state index in [-0.39, 0.29) is 0 Å². The minimum absolute atomic E-state index is 0.750. The van der Waals surface area contributed by atoms with E-state index >= 15 is 0 Å². The van der Waals surface area contributed by atoms with Crippen LogP contribution in [-0.4, -0.2) is 44.0 Å². The lowest BCUT2D eigenvalue weighted by Gasteiger charge is -2.27. The smallest absolute Gasteiger partial charge is 0.0765 e. The maximum atomic E-state index is 5.86. The largest absolute Gasteiger partial charge is 0.390 e. The summed E-state index contributed by atoms with van der Waals surface area (Å²) in [4.78, 5) is 2.59. The molecule has 2 fully saturated rings. The third-order valence-electron chi connectivity index (χ3n) is 6.34. The molecule has 0 spiro atoms. The second-order valence-electron chi connectivity index (χ2n) is 8.73. The molecular weight excluding hydrogens is 392 g/mol. The highest BCUT2D eigenvalue weighted by Crippen LogP contribution is 2.31. The van der Waals surface area contributed by atoms with E-state index in [4.69, 9.17) is 5.41 Å². The number of nitrogens with one attached hydrogen (secondary N) is 2. The van der Waals surface area contributed by atoms with E-state index < -0.39 is 0 Å². The van der Waals surface area contributed by atoms with Gasteiger partial charge in [0.15, 0.2) is 0 Å². The standard InChI is InChI=1S/C16H28N2.C11H10.CH4N2/c1-14-6-3-4-8-16(14)15(2)7-5-11-18-12-9-17-10-13-18;1-9-5-4-7-10-6-2-3-8-11(9)10;2-1-3/h17H,1,3-13H2,2H3;2-8H,1H3;1H,(H3,2,3)/b16-15+;;. The quantitative estimate of drug-likeness (QED) is 0.420. The molecule has 0 bridgehead atoms. The molecule has 4 heteroatoms. The van der Waals surface area contributed by atoms with Crippen LogP contribution in [0.3, 0.4) is 0 Å². The van der Waals surface area contributed by atoms with Crippen molar-refractivity contribution in [2.45, 2.75) is 52.4 Å². The molecule has 0 aromatic heterocycles. The molecule has 174 valence electrons. The number of hydrogen-bond acceptors (Lipinski definition) is 3. The van der Waals surface area contributed by atoms with E-state index in [9.17, 15) is 0 Å². The molecular formula is C28H42N4. The second-order valence-corrected chi connectivity index (χ2v) is 8.73. The van der Waals surface area contributed by atoms with E-state index in [1.54, 1.807) is 11.1 Å². The Kier molecular flexibility index (Phi) is 11.8. The van der Waals surface area contributed by atoms with E-state index in [0.29, 0.717) is 0 Å². The topological polar surface area (TPSA) is 65.1 Å². The molecule has 4 N–H and O–H groups in total. The molecule has 0 unspecified atom stereocenters. The van der Waals surface area contributed by atoms with Crippen molar-refractivity contribution < 1.29 is 0 Å². The molecule has 1 heterocycles. The number of nitrogens with two attached hydrogens (primary N) is 1. The van der Waals surface area contributed by atoms with Gasteiger partial charge >= 0.3 is 0 Å². The van der Waals surface area contributed by atoms with Crippen LogP contribution in [0.15, 0.2) is 65.8 Å². The summed E-state index contributed by atoms with van der Waals surface area (Å²) < 4.78 is 0. The summed E-state index contributed by atoms with van der Waals surface area (Å²) in [6.45, 7) is 14.7. The summed E-state index contributed by atoms with van der Waals surface area (Å²) in [6.07, 6.45) is 8.53. The van der Waals surface area contributed by atoms with Gasteiger partial charge in [-0.15, -0.1) is 0 Å². The van der Waals surface area contributed by atoms with Gasteiger partial charge in [0, 0.05) is 26.2 Å². The summed E-state index contributed by atoms with van der Waals surface area (Å²) in [7, 11) is 0. The van der Waals surface area contributed by atoms with Crippen molar-refractivity contribution in [1.29, 1.82) is 5.41 Å². The van der Waals surface area contributed by atoms with Crippen molar-refractivity contribution in [3.8, 4) is 0 Å². The molecule has 2 aromatic rings. The zero-order valence-corrected chi connectivity index (χ0v) is 20.1. The van der Waals surface area contributed by atoms with E-state index in [1.807, 2.05) is 0 Å². The van der Waals surface area contributed by atoms with E-state index in [0.717, 1.165) is 19.4 Å². The third kappa shape index (κ3) is 8.60. The Morgan fingerprint density at radius 1 is 1.09 bits per heavy atom. The van der Waals surface area contributed by atoms with Gasteiger partial charge in [0.25, 0.3) is 0 Å². The number of hydrogen-bond donors (Lipinski definition) is 3. The number of piperazine rings is 1. The van der Waals surface area contributed by atoms with Crippen molar-refractivity contribution in [3.63, 3.8) is 0 Å². The molecule has 4 nitrogen and oxygen atoms in total. The van der Waals surface area contributed by atoms with E-state index in [2.05, 4.69) is 78.8 Å². The lowest BCUT2D eigenvalue weighted by Crippen LogP contribution is -2.43. The Hall–Kier alpha value is -2.43.